The van der Waals surface area contributed by atoms with Gasteiger partial charge in [0.05, 0.1) is 6.61 Å². The number of carbonyl (C=O) groups is 2. The lowest BCUT2D eigenvalue weighted by Crippen LogP contribution is -2.38. The molecule has 8 nitrogen and oxygen atoms in total. The zero-order chi connectivity index (χ0) is 19.5. The molecule has 1 aliphatic rings. The molecule has 9 heteroatoms. The number of ether oxygens (including phenoxy) is 1. The van der Waals surface area contributed by atoms with Crippen LogP contribution in [0.25, 0.3) is 11.1 Å². The van der Waals surface area contributed by atoms with Crippen molar-refractivity contribution in [2.24, 2.45) is 5.92 Å². The summed E-state index contributed by atoms with van der Waals surface area (Å²) in [5, 5.41) is 4.81. The molecule has 3 heterocycles. The Labute approximate surface area is 165 Å². The molecular formula is C19H20N4O4S. The van der Waals surface area contributed by atoms with Gasteiger partial charge in [-0.05, 0) is 31.9 Å². The lowest BCUT2D eigenvalue weighted by Gasteiger charge is -2.29. The maximum Gasteiger partial charge on any atom is 0.357 e. The first-order chi connectivity index (χ1) is 13.6. The number of nitrogens with zero attached hydrogens (tertiary/aromatic N) is 3. The molecular weight excluding hydrogens is 380 g/mol. The van der Waals surface area contributed by atoms with Crippen LogP contribution < -0.4 is 10.2 Å². The van der Waals surface area contributed by atoms with Gasteiger partial charge >= 0.3 is 5.97 Å². The third-order valence-corrected chi connectivity index (χ3v) is 5.40. The van der Waals surface area contributed by atoms with E-state index < -0.39 is 5.97 Å². The number of amides is 1. The number of hydrogen-bond donors (Lipinski definition) is 1. The quantitative estimate of drug-likeness (QED) is 0.656. The van der Waals surface area contributed by atoms with Crippen molar-refractivity contribution in [2.75, 3.05) is 29.9 Å². The van der Waals surface area contributed by atoms with Gasteiger partial charge in [-0.25, -0.2) is 9.78 Å². The predicted molar refractivity (Wildman–Crippen MR) is 106 cm³/mol. The Balaban J connectivity index is 1.33. The number of nitrogens with one attached hydrogen (secondary N) is 1. The van der Waals surface area contributed by atoms with Crippen molar-refractivity contribution in [3.63, 3.8) is 0 Å². The second-order valence-corrected chi connectivity index (χ2v) is 7.33. The van der Waals surface area contributed by atoms with Crippen LogP contribution >= 0.6 is 11.3 Å². The van der Waals surface area contributed by atoms with Crippen molar-refractivity contribution in [3.05, 3.63) is 35.3 Å². The van der Waals surface area contributed by atoms with Gasteiger partial charge in [0.25, 0.3) is 6.01 Å². The van der Waals surface area contributed by atoms with Crippen molar-refractivity contribution >= 4 is 45.5 Å². The second-order valence-electron chi connectivity index (χ2n) is 6.47. The Bertz CT molecular complexity index is 958. The first kappa shape index (κ1) is 18.4. The van der Waals surface area contributed by atoms with Gasteiger partial charge in [-0.2, -0.15) is 4.98 Å². The number of para-hydroxylation sites is 2. The Kier molecular flexibility index (Phi) is 5.25. The number of hydrogen-bond acceptors (Lipinski definition) is 8. The fourth-order valence-corrected chi connectivity index (χ4v) is 3.85. The number of carbonyl (C=O) groups excluding carboxylic acids is 2. The van der Waals surface area contributed by atoms with Crippen LogP contribution in [-0.2, 0) is 9.53 Å². The Hall–Kier alpha value is -2.94. The fraction of sp³-hybridized carbons (Fsp3) is 0.368. The van der Waals surface area contributed by atoms with Crippen molar-refractivity contribution in [3.8, 4) is 0 Å². The summed E-state index contributed by atoms with van der Waals surface area (Å²) in [5.74, 6) is -0.677. The van der Waals surface area contributed by atoms with Crippen LogP contribution in [0.2, 0.25) is 0 Å². The number of piperidine rings is 1. The topological polar surface area (TPSA) is 97.6 Å². The van der Waals surface area contributed by atoms with E-state index in [0.29, 0.717) is 37.1 Å². The van der Waals surface area contributed by atoms with E-state index >= 15 is 0 Å². The van der Waals surface area contributed by atoms with Crippen LogP contribution in [-0.4, -0.2) is 41.5 Å². The highest BCUT2D eigenvalue weighted by Crippen LogP contribution is 2.27. The molecule has 2 aromatic heterocycles. The summed E-state index contributed by atoms with van der Waals surface area (Å²) in [4.78, 5) is 34.9. The molecule has 1 N–H and O–H groups in total. The monoisotopic (exact) mass is 400 g/mol. The van der Waals surface area contributed by atoms with Gasteiger partial charge in [0.1, 0.15) is 5.52 Å². The molecule has 0 spiro atoms. The van der Waals surface area contributed by atoms with Crippen LogP contribution in [0, 0.1) is 5.92 Å². The molecule has 0 radical (unpaired) electrons. The molecule has 1 saturated heterocycles. The average molecular weight is 400 g/mol. The third-order valence-electron chi connectivity index (χ3n) is 4.64. The Morgan fingerprint density at radius 1 is 1.29 bits per heavy atom. The molecule has 28 heavy (non-hydrogen) atoms. The van der Waals surface area contributed by atoms with E-state index in [1.165, 1.54) is 11.3 Å². The fourth-order valence-electron chi connectivity index (χ4n) is 3.17. The molecule has 0 bridgehead atoms. The SMILES string of the molecule is CCOC(=O)c1csc(NC(=O)C2CCN(c3nc4ccccc4o3)CC2)n1. The molecule has 3 aromatic rings. The Morgan fingerprint density at radius 3 is 2.82 bits per heavy atom. The number of thiazole rings is 1. The standard InChI is InChI=1S/C19H20N4O4S/c1-2-26-17(25)14-11-28-18(20-14)22-16(24)12-7-9-23(10-8-12)19-21-13-5-3-4-6-15(13)27-19/h3-6,11-12H,2,7-10H2,1H3,(H,20,22,24). The highest BCUT2D eigenvalue weighted by Gasteiger charge is 2.28. The first-order valence-corrected chi connectivity index (χ1v) is 10.1. The number of aromatic nitrogens is 2. The van der Waals surface area contributed by atoms with E-state index in [0.717, 1.165) is 11.1 Å². The summed E-state index contributed by atoms with van der Waals surface area (Å²) in [6, 6.07) is 8.25. The Morgan fingerprint density at radius 2 is 2.07 bits per heavy atom. The van der Waals surface area contributed by atoms with E-state index in [9.17, 15) is 9.59 Å². The van der Waals surface area contributed by atoms with Crippen LogP contribution in [0.5, 0.6) is 0 Å². The summed E-state index contributed by atoms with van der Waals surface area (Å²) in [6.45, 7) is 3.41. The molecule has 4 rings (SSSR count). The molecule has 0 unspecified atom stereocenters. The normalized spacial score (nSPS) is 15.0. The van der Waals surface area contributed by atoms with Crippen molar-refractivity contribution in [1.82, 2.24) is 9.97 Å². The van der Waals surface area contributed by atoms with Crippen LogP contribution in [0.4, 0.5) is 11.1 Å². The highest BCUT2D eigenvalue weighted by atomic mass is 32.1. The maximum absolute atomic E-state index is 12.5. The van der Waals surface area contributed by atoms with Gasteiger partial charge in [-0.3, -0.25) is 4.79 Å². The van der Waals surface area contributed by atoms with Gasteiger partial charge in [0.2, 0.25) is 5.91 Å². The minimum absolute atomic E-state index is 0.0815. The average Bonchev–Trinajstić information content (AvgIpc) is 3.35. The summed E-state index contributed by atoms with van der Waals surface area (Å²) in [6.07, 6.45) is 1.39. The van der Waals surface area contributed by atoms with Gasteiger partial charge in [-0.1, -0.05) is 12.1 Å². The van der Waals surface area contributed by atoms with E-state index in [1.807, 2.05) is 24.3 Å². The van der Waals surface area contributed by atoms with Crippen molar-refractivity contribution in [2.45, 2.75) is 19.8 Å². The molecule has 0 saturated carbocycles. The van der Waals surface area contributed by atoms with E-state index in [1.54, 1.807) is 12.3 Å². The summed E-state index contributed by atoms with van der Waals surface area (Å²) in [5.41, 5.74) is 1.81. The van der Waals surface area contributed by atoms with Crippen molar-refractivity contribution in [1.29, 1.82) is 0 Å². The van der Waals surface area contributed by atoms with Gasteiger partial charge in [0.15, 0.2) is 16.4 Å². The number of rotatable bonds is 5. The van der Waals surface area contributed by atoms with Gasteiger partial charge < -0.3 is 19.4 Å². The predicted octanol–water partition coefficient (Wildman–Crippen LogP) is 3.32. The molecule has 1 amide bonds. The molecule has 1 fully saturated rings. The first-order valence-electron chi connectivity index (χ1n) is 9.18. The summed E-state index contributed by atoms with van der Waals surface area (Å²) in [7, 11) is 0. The zero-order valence-corrected chi connectivity index (χ0v) is 16.2. The van der Waals surface area contributed by atoms with E-state index in [2.05, 4.69) is 20.2 Å². The second kappa shape index (κ2) is 7.97. The lowest BCUT2D eigenvalue weighted by atomic mass is 9.96. The largest absolute Gasteiger partial charge is 0.461 e. The number of anilines is 2. The summed E-state index contributed by atoms with van der Waals surface area (Å²) >= 11 is 1.22. The van der Waals surface area contributed by atoms with E-state index in [-0.39, 0.29) is 24.1 Å². The van der Waals surface area contributed by atoms with Gasteiger partial charge in [-0.15, -0.1) is 11.3 Å². The number of benzene rings is 1. The molecule has 1 aliphatic heterocycles. The minimum Gasteiger partial charge on any atom is -0.461 e. The van der Waals surface area contributed by atoms with Crippen LogP contribution in [0.15, 0.2) is 34.1 Å². The smallest absolute Gasteiger partial charge is 0.357 e. The highest BCUT2D eigenvalue weighted by molar-refractivity contribution is 7.14. The molecule has 0 atom stereocenters. The number of fused-ring (bicyclic) bond motifs is 1. The number of esters is 1. The summed E-state index contributed by atoms with van der Waals surface area (Å²) < 4.78 is 10.7. The molecule has 1 aromatic carbocycles. The maximum atomic E-state index is 12.5. The van der Waals surface area contributed by atoms with Gasteiger partial charge in [0, 0.05) is 24.4 Å². The third kappa shape index (κ3) is 3.84. The van der Waals surface area contributed by atoms with E-state index in [4.69, 9.17) is 9.15 Å². The molecule has 0 aliphatic carbocycles. The van der Waals surface area contributed by atoms with Crippen LogP contribution in [0.1, 0.15) is 30.3 Å². The minimum atomic E-state index is -0.481. The number of oxazole rings is 1. The molecule has 146 valence electrons. The van der Waals surface area contributed by atoms with Crippen molar-refractivity contribution < 1.29 is 18.7 Å². The lowest BCUT2D eigenvalue weighted by molar-refractivity contribution is -0.120. The van der Waals surface area contributed by atoms with Crippen LogP contribution in [0.3, 0.4) is 0 Å². The zero-order valence-electron chi connectivity index (χ0n) is 15.4.